The molecule has 0 fully saturated rings. The van der Waals surface area contributed by atoms with Gasteiger partial charge in [0.2, 0.25) is 11.8 Å². The van der Waals surface area contributed by atoms with Crippen molar-refractivity contribution in [1.82, 2.24) is 10.2 Å². The molecule has 0 spiro atoms. The molecule has 0 aromatic heterocycles. The topological polar surface area (TPSA) is 49.4 Å². The maximum atomic E-state index is 12.2. The highest BCUT2D eigenvalue weighted by Gasteiger charge is 2.22. The number of nitrogens with zero attached hydrogens (tertiary/aromatic N) is 1. The Labute approximate surface area is 137 Å². The van der Waals surface area contributed by atoms with E-state index in [1.807, 2.05) is 52.0 Å². The average Bonchev–Trinajstić information content (AvgIpc) is 2.44. The summed E-state index contributed by atoms with van der Waals surface area (Å²) >= 11 is 5.98. The minimum atomic E-state index is -0.441. The van der Waals surface area contributed by atoms with Crippen LogP contribution in [0.15, 0.2) is 24.3 Å². The van der Waals surface area contributed by atoms with Crippen molar-refractivity contribution in [2.75, 3.05) is 13.6 Å². The van der Waals surface area contributed by atoms with Gasteiger partial charge in [0.1, 0.15) is 0 Å². The predicted molar refractivity (Wildman–Crippen MR) is 89.7 cm³/mol. The Bertz CT molecular complexity index is 538. The van der Waals surface area contributed by atoms with Crippen LogP contribution in [-0.4, -0.2) is 30.3 Å². The Morgan fingerprint density at radius 2 is 1.95 bits per heavy atom. The molecule has 1 rings (SSSR count). The summed E-state index contributed by atoms with van der Waals surface area (Å²) in [7, 11) is 1.76. The molecule has 0 saturated heterocycles. The molecule has 1 N–H and O–H groups in total. The fraction of sp³-hybridized carbons (Fsp3) is 0.529. The molecule has 4 nitrogen and oxygen atoms in total. The van der Waals surface area contributed by atoms with Gasteiger partial charge in [-0.15, -0.1) is 0 Å². The van der Waals surface area contributed by atoms with Crippen LogP contribution in [0.5, 0.6) is 0 Å². The summed E-state index contributed by atoms with van der Waals surface area (Å²) in [6, 6.07) is 7.42. The second-order valence-corrected chi connectivity index (χ2v) is 6.93. The molecule has 5 heteroatoms. The zero-order chi connectivity index (χ0) is 16.9. The summed E-state index contributed by atoms with van der Waals surface area (Å²) in [6.07, 6.45) is 0.281. The first-order chi connectivity index (χ1) is 10.1. The molecule has 1 unspecified atom stereocenters. The molecule has 0 aliphatic carbocycles. The Morgan fingerprint density at radius 1 is 1.32 bits per heavy atom. The quantitative estimate of drug-likeness (QED) is 0.902. The summed E-state index contributed by atoms with van der Waals surface area (Å²) in [4.78, 5) is 25.6. The van der Waals surface area contributed by atoms with Gasteiger partial charge in [-0.05, 0) is 24.6 Å². The van der Waals surface area contributed by atoms with E-state index in [0.717, 1.165) is 5.56 Å². The second-order valence-electron chi connectivity index (χ2n) is 6.49. The number of hydrogen-bond acceptors (Lipinski definition) is 2. The molecule has 0 aliphatic heterocycles. The molecular weight excluding hydrogens is 300 g/mol. The van der Waals surface area contributed by atoms with Gasteiger partial charge in [-0.2, -0.15) is 0 Å². The summed E-state index contributed by atoms with van der Waals surface area (Å²) in [6.45, 7) is 7.84. The first-order valence-electron chi connectivity index (χ1n) is 7.42. The van der Waals surface area contributed by atoms with Gasteiger partial charge in [0, 0.05) is 30.5 Å². The first kappa shape index (κ1) is 18.5. The van der Waals surface area contributed by atoms with Crippen molar-refractivity contribution in [3.63, 3.8) is 0 Å². The summed E-state index contributed by atoms with van der Waals surface area (Å²) < 4.78 is 0. The fourth-order valence-electron chi connectivity index (χ4n) is 1.93. The van der Waals surface area contributed by atoms with Crippen LogP contribution in [0.4, 0.5) is 0 Å². The Hall–Kier alpha value is -1.55. The predicted octanol–water partition coefficient (Wildman–Crippen LogP) is 3.41. The molecule has 0 saturated carbocycles. The third kappa shape index (κ3) is 5.34. The molecule has 0 aliphatic rings. The van der Waals surface area contributed by atoms with E-state index in [4.69, 9.17) is 11.6 Å². The van der Waals surface area contributed by atoms with Crippen molar-refractivity contribution >= 4 is 23.4 Å². The van der Waals surface area contributed by atoms with Gasteiger partial charge in [-0.3, -0.25) is 9.59 Å². The zero-order valence-corrected chi connectivity index (χ0v) is 14.7. The van der Waals surface area contributed by atoms with Crippen molar-refractivity contribution in [3.8, 4) is 0 Å². The Kier molecular flexibility index (Phi) is 6.42. The van der Waals surface area contributed by atoms with Crippen LogP contribution in [-0.2, 0) is 9.59 Å². The van der Waals surface area contributed by atoms with Crippen molar-refractivity contribution in [2.45, 2.75) is 40.2 Å². The highest BCUT2D eigenvalue weighted by molar-refractivity contribution is 6.30. The lowest BCUT2D eigenvalue weighted by Crippen LogP contribution is -2.38. The number of benzene rings is 1. The first-order valence-corrected chi connectivity index (χ1v) is 7.80. The molecule has 1 atom stereocenters. The van der Waals surface area contributed by atoms with E-state index in [-0.39, 0.29) is 24.3 Å². The van der Waals surface area contributed by atoms with E-state index in [9.17, 15) is 9.59 Å². The molecule has 0 radical (unpaired) electrons. The highest BCUT2D eigenvalue weighted by atomic mass is 35.5. The van der Waals surface area contributed by atoms with Gasteiger partial charge in [-0.25, -0.2) is 0 Å². The fourth-order valence-corrected chi connectivity index (χ4v) is 2.13. The monoisotopic (exact) mass is 324 g/mol. The van der Waals surface area contributed by atoms with Crippen molar-refractivity contribution < 1.29 is 9.59 Å². The lowest BCUT2D eigenvalue weighted by atomic mass is 9.96. The smallest absolute Gasteiger partial charge is 0.225 e. The third-order valence-electron chi connectivity index (χ3n) is 3.61. The zero-order valence-electron chi connectivity index (χ0n) is 13.9. The lowest BCUT2D eigenvalue weighted by molar-refractivity contribution is -0.132. The maximum absolute atomic E-state index is 12.2. The molecule has 1 aromatic carbocycles. The molecule has 22 heavy (non-hydrogen) atoms. The van der Waals surface area contributed by atoms with E-state index in [1.54, 1.807) is 11.9 Å². The van der Waals surface area contributed by atoms with E-state index in [2.05, 4.69) is 5.32 Å². The molecular formula is C17H25ClN2O2. The van der Waals surface area contributed by atoms with Gasteiger partial charge in [0.15, 0.2) is 0 Å². The maximum Gasteiger partial charge on any atom is 0.225 e. The largest absolute Gasteiger partial charge is 0.355 e. The highest BCUT2D eigenvalue weighted by Crippen LogP contribution is 2.22. The number of carbonyl (C=O) groups is 2. The van der Waals surface area contributed by atoms with E-state index < -0.39 is 5.41 Å². The van der Waals surface area contributed by atoms with Crippen LogP contribution >= 0.6 is 11.6 Å². The number of rotatable bonds is 5. The van der Waals surface area contributed by atoms with Gasteiger partial charge >= 0.3 is 0 Å². The Morgan fingerprint density at radius 3 is 2.50 bits per heavy atom. The standard InChI is InChI=1S/C17H25ClN2O2/c1-12(13-7-6-8-14(18)11-13)20(5)15(21)9-10-19-16(22)17(2,3)4/h6-8,11-12H,9-10H2,1-5H3,(H,19,22). The SMILES string of the molecule is CC(c1cccc(Cl)c1)N(C)C(=O)CCNC(=O)C(C)(C)C. The minimum Gasteiger partial charge on any atom is -0.355 e. The number of halogens is 1. The molecule has 122 valence electrons. The van der Waals surface area contributed by atoms with Crippen LogP contribution in [0, 0.1) is 5.41 Å². The van der Waals surface area contributed by atoms with E-state index >= 15 is 0 Å². The van der Waals surface area contributed by atoms with Crippen molar-refractivity contribution in [3.05, 3.63) is 34.9 Å². The normalized spacial score (nSPS) is 12.6. The summed E-state index contributed by atoms with van der Waals surface area (Å²) in [5, 5.41) is 3.44. The van der Waals surface area contributed by atoms with Crippen LogP contribution in [0.3, 0.4) is 0 Å². The van der Waals surface area contributed by atoms with E-state index in [0.29, 0.717) is 11.6 Å². The molecule has 2 amide bonds. The van der Waals surface area contributed by atoms with Crippen LogP contribution < -0.4 is 5.32 Å². The summed E-state index contributed by atoms with van der Waals surface area (Å²) in [5.74, 6) is -0.0625. The molecule has 1 aromatic rings. The van der Waals surface area contributed by atoms with Crippen molar-refractivity contribution in [2.24, 2.45) is 5.41 Å². The van der Waals surface area contributed by atoms with Gasteiger partial charge in [-0.1, -0.05) is 44.5 Å². The summed E-state index contributed by atoms with van der Waals surface area (Å²) in [5.41, 5.74) is 0.547. The lowest BCUT2D eigenvalue weighted by Gasteiger charge is -2.26. The second kappa shape index (κ2) is 7.63. The average molecular weight is 325 g/mol. The number of carbonyl (C=O) groups excluding carboxylic acids is 2. The number of nitrogens with one attached hydrogen (secondary N) is 1. The van der Waals surface area contributed by atoms with Gasteiger partial charge < -0.3 is 10.2 Å². The van der Waals surface area contributed by atoms with Crippen LogP contribution in [0.25, 0.3) is 0 Å². The number of amides is 2. The Balaban J connectivity index is 2.53. The molecule has 0 heterocycles. The van der Waals surface area contributed by atoms with E-state index in [1.165, 1.54) is 0 Å². The third-order valence-corrected chi connectivity index (χ3v) is 3.85. The van der Waals surface area contributed by atoms with Crippen LogP contribution in [0.2, 0.25) is 5.02 Å². The minimum absolute atomic E-state index is 0.0123. The van der Waals surface area contributed by atoms with Crippen LogP contribution in [0.1, 0.15) is 45.7 Å². The van der Waals surface area contributed by atoms with Gasteiger partial charge in [0.25, 0.3) is 0 Å². The van der Waals surface area contributed by atoms with Crippen molar-refractivity contribution in [1.29, 1.82) is 0 Å². The number of hydrogen-bond donors (Lipinski definition) is 1. The molecule has 0 bridgehead atoms. The van der Waals surface area contributed by atoms with Gasteiger partial charge in [0.05, 0.1) is 6.04 Å².